The molecule has 0 saturated carbocycles. The molecule has 0 radical (unpaired) electrons. The smallest absolute Gasteiger partial charge is 0.242 e. The molecule has 0 aromatic heterocycles. The van der Waals surface area contributed by atoms with E-state index in [0.29, 0.717) is 82.0 Å². The highest BCUT2D eigenvalue weighted by Gasteiger charge is 2.34. The maximum Gasteiger partial charge on any atom is 0.242 e. The van der Waals surface area contributed by atoms with Gasteiger partial charge in [-0.1, -0.05) is 84.9 Å². The molecule has 0 fully saturated rings. The first-order chi connectivity index (χ1) is 57.8. The van der Waals surface area contributed by atoms with E-state index in [-0.39, 0.29) is 144 Å². The molecule has 1 atom stereocenters. The number of benzene rings is 4. The van der Waals surface area contributed by atoms with Gasteiger partial charge in [-0.3, -0.25) is 62.3 Å². The second-order valence-corrected chi connectivity index (χ2v) is 29.3. The molecule has 120 heavy (non-hydrogen) atoms. The predicted octanol–water partition coefficient (Wildman–Crippen LogP) is -0.625. The Morgan fingerprint density at radius 1 is 0.325 bits per heavy atom. The van der Waals surface area contributed by atoms with Crippen LogP contribution in [0, 0.1) is 0 Å². The lowest BCUT2D eigenvalue weighted by molar-refractivity contribution is -0.150. The van der Waals surface area contributed by atoms with Gasteiger partial charge in [-0.2, -0.15) is 0 Å². The molecule has 36 heteroatoms. The van der Waals surface area contributed by atoms with Gasteiger partial charge in [0.05, 0.1) is 91.9 Å². The van der Waals surface area contributed by atoms with Crippen LogP contribution in [-0.2, 0) is 99.1 Å². The maximum absolute atomic E-state index is 15.5. The van der Waals surface area contributed by atoms with E-state index < -0.39 is 142 Å². The average Bonchev–Trinajstić information content (AvgIpc) is 0.819. The fraction of sp³-hybridized carbons (Fsp3) is 0.607. The lowest BCUT2D eigenvalue weighted by Gasteiger charge is -2.33. The topological polar surface area (TPSA) is 458 Å². The molecule has 4 aromatic carbocycles. The van der Waals surface area contributed by atoms with E-state index in [0.717, 1.165) is 28.0 Å². The molecule has 0 heterocycles. The van der Waals surface area contributed by atoms with Gasteiger partial charge in [-0.05, 0) is 143 Å². The average molecular weight is 1680 g/mol. The number of hydrogen-bond acceptors (Lipinski definition) is 23. The Morgan fingerprint density at radius 3 is 0.883 bits per heavy atom. The van der Waals surface area contributed by atoms with Gasteiger partial charge in [0.1, 0.15) is 19.1 Å². The molecule has 4 rings (SSSR count). The first-order valence-corrected chi connectivity index (χ1v) is 41.3. The Hall–Kier alpha value is -9.89. The molecule has 0 aliphatic heterocycles. The number of nitrogens with two attached hydrogens (primary N) is 5. The van der Waals surface area contributed by atoms with Gasteiger partial charge in [0.15, 0.2) is 0 Å². The van der Waals surface area contributed by atoms with Crippen molar-refractivity contribution >= 4 is 98.3 Å². The molecule has 0 aliphatic rings. The third-order valence-corrected chi connectivity index (χ3v) is 20.3. The largest absolute Gasteiger partial charge is 0.383 e. The van der Waals surface area contributed by atoms with Gasteiger partial charge in [0.2, 0.25) is 76.8 Å². The van der Waals surface area contributed by atoms with Crippen LogP contribution in [-0.4, -0.2) is 376 Å². The number of unbranched alkanes of at least 4 members (excludes halogenated alkanes) is 5. The molecule has 4 aromatic rings. The fourth-order valence-corrected chi connectivity index (χ4v) is 13.2. The Balaban J connectivity index is 1.75. The van der Waals surface area contributed by atoms with Crippen molar-refractivity contribution in [1.29, 1.82) is 0 Å². The van der Waals surface area contributed by atoms with Crippen molar-refractivity contribution in [3.8, 4) is 0 Å². The van der Waals surface area contributed by atoms with Gasteiger partial charge in [0.25, 0.3) is 0 Å². The van der Waals surface area contributed by atoms with Gasteiger partial charge >= 0.3 is 0 Å². The standard InChI is InChI=1S/C84H134N18O18/c1-65(103)92(42-47-116-3)55-74(105)93(38-18-13-33-85)56-78(109)98(44-49-118-5)58-75(106)95(40-20-15-35-87)62-83(114)102(53-69-29-23-27-67-25-9-11-31-71(67)69)64-81(112)100(46-51-120-7)59-76(107)96(41-21-16-36-88)61-82(113)101(52-68-28-22-26-66-24-8-10-30-70(66)68)63-80(111)94(39-19-14-34-86)57-79(110)99(45-50-119-6)60-77(108)97(43-48-117-4)54-73(104)91-72(84(89)115)32-12-17-37-90-2/h8-11,22-31,72,90H,12-21,32-64,85-88H2,1-7H3,(H2,89,115)(H,91,104)/t72-/m0/s1. The van der Waals surface area contributed by atoms with Crippen molar-refractivity contribution in [2.45, 2.75) is 96.7 Å². The molecule has 36 nitrogen and oxygen atoms in total. The van der Waals surface area contributed by atoms with Crippen LogP contribution >= 0.6 is 0 Å². The van der Waals surface area contributed by atoms with Gasteiger partial charge in [0, 0.05) is 114 Å². The van der Waals surface area contributed by atoms with Crippen LogP contribution in [0.1, 0.15) is 88.7 Å². The quantitative estimate of drug-likeness (QED) is 0.0271. The second-order valence-electron chi connectivity index (χ2n) is 29.3. The molecule has 668 valence electrons. The van der Waals surface area contributed by atoms with Crippen LogP contribution in [0.3, 0.4) is 0 Å². The Kier molecular flexibility index (Phi) is 50.3. The molecule has 0 aliphatic carbocycles. The number of nitrogens with one attached hydrogen (secondary N) is 2. The lowest BCUT2D eigenvalue weighted by atomic mass is 10.0. The second kappa shape index (κ2) is 58.9. The molecular formula is C84H134N18O18. The fourth-order valence-electron chi connectivity index (χ4n) is 13.2. The number of nitrogens with zero attached hydrogens (tertiary/aromatic N) is 11. The van der Waals surface area contributed by atoms with Crippen molar-refractivity contribution < 1.29 is 86.0 Å². The van der Waals surface area contributed by atoms with Crippen molar-refractivity contribution in [2.75, 3.05) is 239 Å². The van der Waals surface area contributed by atoms with Crippen LogP contribution in [0.2, 0.25) is 0 Å². The summed E-state index contributed by atoms with van der Waals surface area (Å²) in [6.45, 7) is -3.53. The summed E-state index contributed by atoms with van der Waals surface area (Å²) in [4.78, 5) is 202. The summed E-state index contributed by atoms with van der Waals surface area (Å²) < 4.78 is 26.7. The number of fused-ring (bicyclic) bond motifs is 2. The zero-order chi connectivity index (χ0) is 88.2. The normalized spacial score (nSPS) is 11.4. The summed E-state index contributed by atoms with van der Waals surface area (Å²) in [5, 5.41) is 8.86. The summed E-state index contributed by atoms with van der Waals surface area (Å²) in [6, 6.07) is 25.0. The number of primary amides is 1. The van der Waals surface area contributed by atoms with Crippen LogP contribution in [0.4, 0.5) is 0 Å². The minimum Gasteiger partial charge on any atom is -0.383 e. The summed E-state index contributed by atoms with van der Waals surface area (Å²) in [6.07, 6.45) is 4.83. The minimum atomic E-state index is -1.00. The minimum absolute atomic E-state index is 0.00321. The van der Waals surface area contributed by atoms with Crippen molar-refractivity contribution in [1.82, 2.24) is 64.5 Å². The summed E-state index contributed by atoms with van der Waals surface area (Å²) in [7, 11) is 8.93. The molecular weight excluding hydrogens is 1550 g/mol. The number of rotatable bonds is 64. The predicted molar refractivity (Wildman–Crippen MR) is 455 cm³/mol. The highest BCUT2D eigenvalue weighted by Crippen LogP contribution is 2.23. The zero-order valence-corrected chi connectivity index (χ0v) is 71.7. The number of carbonyl (C=O) groups is 13. The SMILES string of the molecule is CNCCCC[C@H](NC(=O)CN(CCOC)C(=O)CN(CCOC)C(=O)CN(CCCCN)C(=O)CN(Cc1cccc2ccccc12)C(=O)CN(CCCCN)C(=O)CN(CCOC)C(=O)CN(Cc1cccc2ccccc12)C(=O)CN(CCCCN)C(=O)CN(CCOC)C(=O)CN(CCCCN)C(=O)CN(CCOC)C(C)=O)C(N)=O. The molecule has 12 N–H and O–H groups in total. The van der Waals surface area contributed by atoms with Crippen molar-refractivity contribution in [2.24, 2.45) is 28.7 Å². The van der Waals surface area contributed by atoms with E-state index in [2.05, 4.69) is 10.6 Å². The molecule has 13 amide bonds. The molecule has 0 saturated heterocycles. The van der Waals surface area contributed by atoms with Crippen molar-refractivity contribution in [3.05, 3.63) is 96.1 Å². The monoisotopic (exact) mass is 1680 g/mol. The van der Waals surface area contributed by atoms with Crippen LogP contribution < -0.4 is 39.3 Å². The van der Waals surface area contributed by atoms with Crippen LogP contribution in [0.5, 0.6) is 0 Å². The highest BCUT2D eigenvalue weighted by atomic mass is 16.5. The number of methoxy groups -OCH3 is 5. The summed E-state index contributed by atoms with van der Waals surface area (Å²) >= 11 is 0. The zero-order valence-electron chi connectivity index (χ0n) is 71.7. The number of amides is 13. The maximum atomic E-state index is 15.5. The summed E-state index contributed by atoms with van der Waals surface area (Å²) in [5.41, 5.74) is 30.8. The van der Waals surface area contributed by atoms with Gasteiger partial charge < -0.3 is 117 Å². The molecule has 0 bridgehead atoms. The van der Waals surface area contributed by atoms with E-state index in [1.54, 1.807) is 7.05 Å². The van der Waals surface area contributed by atoms with E-state index in [4.69, 9.17) is 52.4 Å². The van der Waals surface area contributed by atoms with E-state index in [9.17, 15) is 38.4 Å². The Bertz CT molecular complexity index is 3830. The van der Waals surface area contributed by atoms with E-state index in [1.807, 2.05) is 84.9 Å². The number of ether oxygens (including phenoxy) is 5. The molecule has 0 unspecified atom stereocenters. The van der Waals surface area contributed by atoms with Gasteiger partial charge in [-0.25, -0.2) is 0 Å². The van der Waals surface area contributed by atoms with Crippen LogP contribution in [0.15, 0.2) is 84.9 Å². The molecule has 0 spiro atoms. The van der Waals surface area contributed by atoms with Crippen molar-refractivity contribution in [3.63, 3.8) is 0 Å². The summed E-state index contributed by atoms with van der Waals surface area (Å²) in [5.74, 6) is -8.31. The Morgan fingerprint density at radius 2 is 0.592 bits per heavy atom. The number of carbonyl (C=O) groups excluding carboxylic acids is 13. The lowest BCUT2D eigenvalue weighted by Crippen LogP contribution is -2.53. The Labute approximate surface area is 706 Å². The highest BCUT2D eigenvalue weighted by molar-refractivity contribution is 5.96. The first-order valence-electron chi connectivity index (χ1n) is 41.3. The van der Waals surface area contributed by atoms with E-state index >= 15 is 24.0 Å². The first kappa shape index (κ1) is 102. The van der Waals surface area contributed by atoms with E-state index in [1.165, 1.54) is 96.4 Å². The third-order valence-electron chi connectivity index (χ3n) is 20.3. The number of hydrogen-bond donors (Lipinski definition) is 7. The van der Waals surface area contributed by atoms with Gasteiger partial charge in [-0.15, -0.1) is 0 Å². The third kappa shape index (κ3) is 37.4. The van der Waals surface area contributed by atoms with Crippen LogP contribution in [0.25, 0.3) is 21.5 Å².